The highest BCUT2D eigenvalue weighted by Crippen LogP contribution is 2.10. The van der Waals surface area contributed by atoms with Crippen LogP contribution in [0.2, 0.25) is 0 Å². The van der Waals surface area contributed by atoms with Crippen molar-refractivity contribution in [2.24, 2.45) is 4.99 Å². The van der Waals surface area contributed by atoms with Gasteiger partial charge in [0.05, 0.1) is 13.2 Å². The smallest absolute Gasteiger partial charge is 0.191 e. The fraction of sp³-hybridized carbons (Fsp3) is 0.471. The molecule has 22 heavy (non-hydrogen) atoms. The summed E-state index contributed by atoms with van der Waals surface area (Å²) in [7, 11) is 1.72. The van der Waals surface area contributed by atoms with Crippen LogP contribution in [0.15, 0.2) is 41.4 Å². The fourth-order valence-electron chi connectivity index (χ4n) is 2.40. The standard InChI is InChI=1S/C17H25N3O.HI/c1-3-18-17(20-16-9-4-5-10-16)19-12-14-7-6-8-15(11-14)13-21-2;/h4-8,11,16H,3,9-10,12-13H2,1-2H3,(H2,18,19,20);1H. The van der Waals surface area contributed by atoms with Crippen LogP contribution in [0.3, 0.4) is 0 Å². The lowest BCUT2D eigenvalue weighted by molar-refractivity contribution is 0.185. The summed E-state index contributed by atoms with van der Waals surface area (Å²) in [6.45, 7) is 4.27. The maximum absolute atomic E-state index is 5.17. The first-order valence-corrected chi connectivity index (χ1v) is 7.58. The summed E-state index contributed by atoms with van der Waals surface area (Å²) >= 11 is 0. The Morgan fingerprint density at radius 2 is 2.00 bits per heavy atom. The monoisotopic (exact) mass is 415 g/mol. The van der Waals surface area contributed by atoms with Crippen LogP contribution in [0, 0.1) is 0 Å². The molecule has 0 spiro atoms. The molecule has 2 N–H and O–H groups in total. The van der Waals surface area contributed by atoms with Gasteiger partial charge in [-0.2, -0.15) is 0 Å². The van der Waals surface area contributed by atoms with E-state index in [4.69, 9.17) is 4.74 Å². The molecule has 0 radical (unpaired) electrons. The number of hydrogen-bond donors (Lipinski definition) is 2. The molecule has 0 atom stereocenters. The summed E-state index contributed by atoms with van der Waals surface area (Å²) in [6, 6.07) is 8.85. The van der Waals surface area contributed by atoms with Crippen LogP contribution in [0.1, 0.15) is 30.9 Å². The Kier molecular flexibility index (Phi) is 9.15. The number of nitrogens with zero attached hydrogens (tertiary/aromatic N) is 1. The van der Waals surface area contributed by atoms with Gasteiger partial charge in [0.2, 0.25) is 0 Å². The van der Waals surface area contributed by atoms with E-state index >= 15 is 0 Å². The van der Waals surface area contributed by atoms with Crippen molar-refractivity contribution in [3.63, 3.8) is 0 Å². The summed E-state index contributed by atoms with van der Waals surface area (Å²) in [6.07, 6.45) is 6.59. The van der Waals surface area contributed by atoms with Crippen LogP contribution in [-0.2, 0) is 17.9 Å². The van der Waals surface area contributed by atoms with Gasteiger partial charge in [0, 0.05) is 19.7 Å². The van der Waals surface area contributed by atoms with Crippen LogP contribution in [0.5, 0.6) is 0 Å². The molecule has 0 fully saturated rings. The molecule has 0 heterocycles. The number of halogens is 1. The zero-order valence-corrected chi connectivity index (χ0v) is 15.7. The van der Waals surface area contributed by atoms with Crippen LogP contribution >= 0.6 is 24.0 Å². The normalized spacial score (nSPS) is 14.7. The third-order valence-corrected chi connectivity index (χ3v) is 3.42. The fourth-order valence-corrected chi connectivity index (χ4v) is 2.40. The molecular formula is C17H26IN3O. The number of nitrogens with one attached hydrogen (secondary N) is 2. The van der Waals surface area contributed by atoms with E-state index in [0.717, 1.165) is 25.3 Å². The third kappa shape index (κ3) is 6.36. The Labute approximate surface area is 150 Å². The van der Waals surface area contributed by atoms with E-state index in [1.54, 1.807) is 7.11 Å². The molecule has 1 aliphatic rings. The van der Waals surface area contributed by atoms with Crippen molar-refractivity contribution >= 4 is 29.9 Å². The lowest BCUT2D eigenvalue weighted by atomic mass is 10.1. The van der Waals surface area contributed by atoms with Gasteiger partial charge in [0.25, 0.3) is 0 Å². The minimum Gasteiger partial charge on any atom is -0.380 e. The summed E-state index contributed by atoms with van der Waals surface area (Å²) in [4.78, 5) is 4.67. The summed E-state index contributed by atoms with van der Waals surface area (Å²) in [5.41, 5.74) is 2.38. The van der Waals surface area contributed by atoms with Gasteiger partial charge in [-0.25, -0.2) is 4.99 Å². The Balaban J connectivity index is 0.00000242. The topological polar surface area (TPSA) is 45.7 Å². The molecule has 122 valence electrons. The van der Waals surface area contributed by atoms with Gasteiger partial charge in [0.1, 0.15) is 0 Å². The van der Waals surface area contributed by atoms with Gasteiger partial charge in [-0.05, 0) is 30.9 Å². The molecule has 1 aromatic carbocycles. The van der Waals surface area contributed by atoms with Gasteiger partial charge < -0.3 is 15.4 Å². The Hall–Kier alpha value is -1.08. The maximum atomic E-state index is 5.17. The van der Waals surface area contributed by atoms with Crippen molar-refractivity contribution in [3.8, 4) is 0 Å². The number of ether oxygens (including phenoxy) is 1. The Morgan fingerprint density at radius 1 is 1.27 bits per heavy atom. The lowest BCUT2D eigenvalue weighted by Crippen LogP contribution is -2.42. The van der Waals surface area contributed by atoms with E-state index in [1.165, 1.54) is 11.1 Å². The SMILES string of the molecule is CCNC(=NCc1cccc(COC)c1)NC1CC=CC1.I. The molecule has 0 unspecified atom stereocenters. The molecule has 0 aliphatic heterocycles. The number of rotatable bonds is 6. The molecule has 1 aromatic rings. The van der Waals surface area contributed by atoms with E-state index in [9.17, 15) is 0 Å². The molecule has 5 heteroatoms. The quantitative estimate of drug-likeness (QED) is 0.325. The zero-order chi connectivity index (χ0) is 14.9. The summed E-state index contributed by atoms with van der Waals surface area (Å²) in [5, 5.41) is 6.78. The van der Waals surface area contributed by atoms with Gasteiger partial charge in [-0.3, -0.25) is 0 Å². The van der Waals surface area contributed by atoms with Crippen molar-refractivity contribution < 1.29 is 4.74 Å². The van der Waals surface area contributed by atoms with Crippen molar-refractivity contribution in [2.75, 3.05) is 13.7 Å². The zero-order valence-electron chi connectivity index (χ0n) is 13.3. The Morgan fingerprint density at radius 3 is 2.68 bits per heavy atom. The number of methoxy groups -OCH3 is 1. The summed E-state index contributed by atoms with van der Waals surface area (Å²) in [5.74, 6) is 0.892. The molecule has 0 amide bonds. The molecule has 0 aromatic heterocycles. The predicted octanol–water partition coefficient (Wildman–Crippen LogP) is 3.22. The molecule has 0 saturated carbocycles. The van der Waals surface area contributed by atoms with Crippen molar-refractivity contribution in [1.29, 1.82) is 0 Å². The van der Waals surface area contributed by atoms with Crippen molar-refractivity contribution in [2.45, 2.75) is 39.0 Å². The van der Waals surface area contributed by atoms with Gasteiger partial charge in [-0.15, -0.1) is 24.0 Å². The second-order valence-electron chi connectivity index (χ2n) is 5.23. The highest BCUT2D eigenvalue weighted by Gasteiger charge is 2.11. The van der Waals surface area contributed by atoms with E-state index < -0.39 is 0 Å². The van der Waals surface area contributed by atoms with Crippen LogP contribution in [0.4, 0.5) is 0 Å². The first-order chi connectivity index (χ1) is 10.3. The highest BCUT2D eigenvalue weighted by atomic mass is 127. The second kappa shape index (κ2) is 10.6. The molecule has 1 aliphatic carbocycles. The molecule has 0 saturated heterocycles. The largest absolute Gasteiger partial charge is 0.380 e. The summed E-state index contributed by atoms with van der Waals surface area (Å²) < 4.78 is 5.17. The molecule has 2 rings (SSSR count). The molecule has 0 bridgehead atoms. The Bertz CT molecular complexity index is 494. The molecular weight excluding hydrogens is 389 g/mol. The average Bonchev–Trinajstić information content (AvgIpc) is 2.99. The van der Waals surface area contributed by atoms with Crippen LogP contribution in [0.25, 0.3) is 0 Å². The van der Waals surface area contributed by atoms with Gasteiger partial charge in [-0.1, -0.05) is 36.4 Å². The third-order valence-electron chi connectivity index (χ3n) is 3.42. The van der Waals surface area contributed by atoms with Gasteiger partial charge >= 0.3 is 0 Å². The molecule has 4 nitrogen and oxygen atoms in total. The van der Waals surface area contributed by atoms with E-state index in [-0.39, 0.29) is 24.0 Å². The first-order valence-electron chi connectivity index (χ1n) is 7.58. The predicted molar refractivity (Wildman–Crippen MR) is 103 cm³/mol. The first kappa shape index (κ1) is 19.0. The lowest BCUT2D eigenvalue weighted by Gasteiger charge is -2.16. The van der Waals surface area contributed by atoms with Crippen LogP contribution in [-0.4, -0.2) is 25.7 Å². The van der Waals surface area contributed by atoms with E-state index in [2.05, 4.69) is 59.0 Å². The van der Waals surface area contributed by atoms with Gasteiger partial charge in [0.15, 0.2) is 5.96 Å². The van der Waals surface area contributed by atoms with Crippen molar-refractivity contribution in [1.82, 2.24) is 10.6 Å². The number of aliphatic imine (C=N–C) groups is 1. The number of benzene rings is 1. The maximum Gasteiger partial charge on any atom is 0.191 e. The number of guanidine groups is 1. The van der Waals surface area contributed by atoms with E-state index in [1.807, 2.05) is 0 Å². The minimum atomic E-state index is 0. The van der Waals surface area contributed by atoms with Crippen LogP contribution < -0.4 is 10.6 Å². The minimum absolute atomic E-state index is 0. The number of hydrogen-bond acceptors (Lipinski definition) is 2. The second-order valence-corrected chi connectivity index (χ2v) is 5.23. The van der Waals surface area contributed by atoms with Crippen molar-refractivity contribution in [3.05, 3.63) is 47.5 Å². The average molecular weight is 415 g/mol. The van der Waals surface area contributed by atoms with E-state index in [0.29, 0.717) is 19.2 Å². The highest BCUT2D eigenvalue weighted by molar-refractivity contribution is 14.0.